The Labute approximate surface area is 150 Å². The number of fused-ring (bicyclic) bond motifs is 3. The maximum absolute atomic E-state index is 14.1. The van der Waals surface area contributed by atoms with Crippen LogP contribution in [0.4, 0.5) is 10.1 Å². The lowest BCUT2D eigenvalue weighted by atomic mass is 10.1. The van der Waals surface area contributed by atoms with Gasteiger partial charge in [0.15, 0.2) is 0 Å². The number of nitrogens with zero attached hydrogens (tertiary/aromatic N) is 3. The van der Waals surface area contributed by atoms with E-state index in [2.05, 4.69) is 16.0 Å². The van der Waals surface area contributed by atoms with Crippen molar-refractivity contribution in [3.8, 4) is 0 Å². The number of piperazine rings is 1. The molecule has 2 fully saturated rings. The highest BCUT2D eigenvalue weighted by Gasteiger charge is 2.50. The molecule has 3 aromatic rings. The number of carbonyl (C=O) groups is 1. The van der Waals surface area contributed by atoms with Crippen LogP contribution in [0.3, 0.4) is 0 Å². The molecule has 0 unspecified atom stereocenters. The first-order valence-corrected chi connectivity index (χ1v) is 8.86. The van der Waals surface area contributed by atoms with Gasteiger partial charge in [0.05, 0.1) is 23.3 Å². The summed E-state index contributed by atoms with van der Waals surface area (Å²) in [5.41, 5.74) is 2.51. The lowest BCUT2D eigenvalue weighted by Gasteiger charge is -2.34. The zero-order valence-electron chi connectivity index (χ0n) is 14.2. The van der Waals surface area contributed by atoms with Crippen molar-refractivity contribution in [2.45, 2.75) is 25.0 Å². The monoisotopic (exact) mass is 347 g/mol. The Kier molecular flexibility index (Phi) is 3.50. The molecule has 2 bridgehead atoms. The van der Waals surface area contributed by atoms with Crippen molar-refractivity contribution in [3.05, 3.63) is 72.2 Å². The molecule has 2 saturated heterocycles. The summed E-state index contributed by atoms with van der Waals surface area (Å²) in [5, 5.41) is 1.11. The quantitative estimate of drug-likeness (QED) is 0.729. The Bertz CT molecular complexity index is 1000. The van der Waals surface area contributed by atoms with E-state index in [4.69, 9.17) is 0 Å². The first kappa shape index (κ1) is 15.5. The minimum atomic E-state index is -0.335. The van der Waals surface area contributed by atoms with Crippen LogP contribution < -0.4 is 4.90 Å². The van der Waals surface area contributed by atoms with Gasteiger partial charge in [0, 0.05) is 24.7 Å². The van der Waals surface area contributed by atoms with E-state index in [1.165, 1.54) is 6.07 Å². The number of anilines is 1. The van der Waals surface area contributed by atoms with Crippen molar-refractivity contribution in [2.24, 2.45) is 0 Å². The van der Waals surface area contributed by atoms with Crippen LogP contribution in [0, 0.1) is 5.82 Å². The van der Waals surface area contributed by atoms with Gasteiger partial charge in [0.25, 0.3) is 0 Å². The highest BCUT2D eigenvalue weighted by Crippen LogP contribution is 2.37. The van der Waals surface area contributed by atoms with E-state index in [-0.39, 0.29) is 23.8 Å². The second kappa shape index (κ2) is 5.88. The molecule has 1 aromatic heterocycles. The summed E-state index contributed by atoms with van der Waals surface area (Å²) >= 11 is 0. The van der Waals surface area contributed by atoms with Crippen LogP contribution in [-0.2, 0) is 11.3 Å². The Morgan fingerprint density at radius 1 is 1.08 bits per heavy atom. The Morgan fingerprint density at radius 2 is 1.92 bits per heavy atom. The first-order chi connectivity index (χ1) is 12.7. The van der Waals surface area contributed by atoms with Gasteiger partial charge in [0.2, 0.25) is 5.91 Å². The molecule has 2 atom stereocenters. The zero-order valence-corrected chi connectivity index (χ0v) is 14.2. The minimum absolute atomic E-state index is 0.000420. The molecule has 0 saturated carbocycles. The summed E-state index contributed by atoms with van der Waals surface area (Å²) in [6.07, 6.45) is 2.55. The molecule has 5 heteroatoms. The van der Waals surface area contributed by atoms with Crippen molar-refractivity contribution < 1.29 is 9.18 Å². The average molecular weight is 347 g/mol. The fourth-order valence-corrected chi connectivity index (χ4v) is 4.31. The van der Waals surface area contributed by atoms with Crippen LogP contribution in [0.15, 0.2) is 60.8 Å². The molecule has 26 heavy (non-hydrogen) atoms. The van der Waals surface area contributed by atoms with Crippen molar-refractivity contribution >= 4 is 22.5 Å². The number of amides is 1. The summed E-state index contributed by atoms with van der Waals surface area (Å²) in [6.45, 7) is 1.44. The van der Waals surface area contributed by atoms with Gasteiger partial charge >= 0.3 is 0 Å². The third-order valence-corrected chi connectivity index (χ3v) is 5.47. The van der Waals surface area contributed by atoms with Crippen LogP contribution in [0.1, 0.15) is 12.0 Å². The van der Waals surface area contributed by atoms with Crippen molar-refractivity contribution in [2.75, 3.05) is 11.4 Å². The van der Waals surface area contributed by atoms with Gasteiger partial charge in [-0.3, -0.25) is 14.7 Å². The molecule has 5 rings (SSSR count). The van der Waals surface area contributed by atoms with Gasteiger partial charge in [-0.05, 0) is 30.2 Å². The maximum atomic E-state index is 14.1. The van der Waals surface area contributed by atoms with E-state index in [9.17, 15) is 9.18 Å². The number of aromatic nitrogens is 1. The van der Waals surface area contributed by atoms with Crippen LogP contribution in [0.5, 0.6) is 0 Å². The number of benzene rings is 2. The number of rotatable bonds is 3. The number of hydrogen-bond donors (Lipinski definition) is 0. The number of halogens is 1. The number of likely N-dealkylation sites (tertiary alicyclic amines) is 1. The summed E-state index contributed by atoms with van der Waals surface area (Å²) in [7, 11) is 0. The van der Waals surface area contributed by atoms with E-state index in [0.717, 1.165) is 29.4 Å². The van der Waals surface area contributed by atoms with Crippen molar-refractivity contribution in [3.63, 3.8) is 0 Å². The molecular weight excluding hydrogens is 329 g/mol. The highest BCUT2D eigenvalue weighted by molar-refractivity contribution is 6.01. The fraction of sp³-hybridized carbons (Fsp3) is 0.238. The summed E-state index contributed by atoms with van der Waals surface area (Å²) in [6, 6.07) is 16.5. The van der Waals surface area contributed by atoms with Gasteiger partial charge in [-0.25, -0.2) is 4.39 Å². The normalized spacial score (nSPS) is 22.5. The number of pyridine rings is 1. The third-order valence-electron chi connectivity index (χ3n) is 5.47. The molecule has 2 aromatic carbocycles. The van der Waals surface area contributed by atoms with Gasteiger partial charge in [-0.1, -0.05) is 36.4 Å². The van der Waals surface area contributed by atoms with Gasteiger partial charge in [-0.15, -0.1) is 0 Å². The standard InChI is InChI=1S/C21H18FN3O/c22-17-8-1-2-9-18(17)25-16-11-19(21(25)26)24(13-16)12-15-6-3-5-14-7-4-10-23-20(14)15/h1-10,16,19H,11-13H2/t16-,19-/m0/s1. The molecule has 130 valence electrons. The smallest absolute Gasteiger partial charge is 0.244 e. The molecule has 2 aliphatic rings. The van der Waals surface area contributed by atoms with E-state index in [0.29, 0.717) is 12.2 Å². The Hall–Kier alpha value is -2.79. The number of carbonyl (C=O) groups excluding carboxylic acids is 1. The number of hydrogen-bond acceptors (Lipinski definition) is 3. The van der Waals surface area contributed by atoms with Crippen molar-refractivity contribution in [1.29, 1.82) is 0 Å². The molecule has 0 aliphatic carbocycles. The second-order valence-electron chi connectivity index (χ2n) is 6.99. The second-order valence-corrected chi connectivity index (χ2v) is 6.99. The third kappa shape index (κ3) is 2.31. The Morgan fingerprint density at radius 3 is 2.77 bits per heavy atom. The van der Waals surface area contributed by atoms with Crippen LogP contribution in [-0.4, -0.2) is 34.4 Å². The van der Waals surface area contributed by atoms with Gasteiger partial charge in [0.1, 0.15) is 5.82 Å². The Balaban J connectivity index is 1.42. The molecule has 0 N–H and O–H groups in total. The predicted molar refractivity (Wildman–Crippen MR) is 98.2 cm³/mol. The van der Waals surface area contributed by atoms with Gasteiger partial charge in [-0.2, -0.15) is 0 Å². The number of para-hydroxylation sites is 2. The lowest BCUT2D eigenvalue weighted by molar-refractivity contribution is -0.122. The topological polar surface area (TPSA) is 36.4 Å². The van der Waals surface area contributed by atoms with E-state index >= 15 is 0 Å². The summed E-state index contributed by atoms with van der Waals surface area (Å²) in [4.78, 5) is 21.2. The summed E-state index contributed by atoms with van der Waals surface area (Å²) in [5.74, 6) is -0.335. The molecule has 1 amide bonds. The largest absolute Gasteiger partial charge is 0.304 e. The fourth-order valence-electron chi connectivity index (χ4n) is 4.31. The van der Waals surface area contributed by atoms with E-state index in [1.54, 1.807) is 29.3 Å². The van der Waals surface area contributed by atoms with Crippen LogP contribution in [0.2, 0.25) is 0 Å². The van der Waals surface area contributed by atoms with Crippen LogP contribution >= 0.6 is 0 Å². The molecule has 3 heterocycles. The molecule has 0 spiro atoms. The highest BCUT2D eigenvalue weighted by atomic mass is 19.1. The first-order valence-electron chi connectivity index (χ1n) is 8.86. The SMILES string of the molecule is O=C1[C@@H]2C[C@@H](CN2Cc2cccc3cccnc23)N1c1ccccc1F. The van der Waals surface area contributed by atoms with E-state index in [1.807, 2.05) is 24.3 Å². The lowest BCUT2D eigenvalue weighted by Crippen LogP contribution is -2.50. The molecule has 2 aliphatic heterocycles. The van der Waals surface area contributed by atoms with E-state index < -0.39 is 0 Å². The molecule has 0 radical (unpaired) electrons. The zero-order chi connectivity index (χ0) is 17.7. The predicted octanol–water partition coefficient (Wildman–Crippen LogP) is 3.36. The molecule has 4 nitrogen and oxygen atoms in total. The summed E-state index contributed by atoms with van der Waals surface area (Å²) < 4.78 is 14.1. The molecular formula is C21H18FN3O. The van der Waals surface area contributed by atoms with Gasteiger partial charge < -0.3 is 4.90 Å². The minimum Gasteiger partial charge on any atom is -0.304 e. The van der Waals surface area contributed by atoms with Crippen molar-refractivity contribution in [1.82, 2.24) is 9.88 Å². The van der Waals surface area contributed by atoms with Crippen LogP contribution in [0.25, 0.3) is 10.9 Å². The average Bonchev–Trinajstić information content (AvgIpc) is 3.20. The maximum Gasteiger partial charge on any atom is 0.244 e.